The highest BCUT2D eigenvalue weighted by Crippen LogP contribution is 2.23. The highest BCUT2D eigenvalue weighted by molar-refractivity contribution is 6.33. The van der Waals surface area contributed by atoms with Crippen molar-refractivity contribution in [2.45, 2.75) is 57.8 Å². The predicted molar refractivity (Wildman–Crippen MR) is 128 cm³/mol. The van der Waals surface area contributed by atoms with Crippen LogP contribution in [0.1, 0.15) is 57.8 Å². The first-order valence-corrected chi connectivity index (χ1v) is 11.2. The monoisotopic (exact) mass is 447 g/mol. The molecule has 1 heterocycles. The molecule has 2 fully saturated rings. The van der Waals surface area contributed by atoms with E-state index in [1.807, 2.05) is 17.0 Å². The number of urea groups is 2. The maximum atomic E-state index is 12.4. The van der Waals surface area contributed by atoms with Crippen LogP contribution in [0.5, 0.6) is 0 Å². The first kappa shape index (κ1) is 27.1. The summed E-state index contributed by atoms with van der Waals surface area (Å²) in [5.74, 6) is 0.396. The molecule has 171 valence electrons. The molecule has 4 amide bonds. The largest absolute Gasteiger partial charge is 0.338 e. The topological polar surface area (TPSA) is 73.5 Å². The van der Waals surface area contributed by atoms with E-state index in [9.17, 15) is 9.59 Å². The summed E-state index contributed by atoms with van der Waals surface area (Å²) in [7, 11) is 0. The van der Waals surface area contributed by atoms with E-state index in [2.05, 4.69) is 16.0 Å². The van der Waals surface area contributed by atoms with E-state index < -0.39 is 0 Å². The molecular formula is C24H36ClN4O2. The summed E-state index contributed by atoms with van der Waals surface area (Å²) in [6, 6.07) is 8.20. The van der Waals surface area contributed by atoms with Crippen LogP contribution in [0.4, 0.5) is 15.3 Å². The summed E-state index contributed by atoms with van der Waals surface area (Å²) < 4.78 is 0. The van der Waals surface area contributed by atoms with Crippen LogP contribution < -0.4 is 16.0 Å². The second kappa shape index (κ2) is 14.2. The van der Waals surface area contributed by atoms with Gasteiger partial charge < -0.3 is 20.9 Å². The zero-order valence-corrected chi connectivity index (χ0v) is 19.2. The molecule has 31 heavy (non-hydrogen) atoms. The lowest BCUT2D eigenvalue weighted by atomic mass is 9.96. The Morgan fingerprint density at radius 2 is 1.55 bits per heavy atom. The Morgan fingerprint density at radius 1 is 0.935 bits per heavy atom. The summed E-state index contributed by atoms with van der Waals surface area (Å²) in [4.78, 5) is 26.5. The van der Waals surface area contributed by atoms with Gasteiger partial charge in [0.25, 0.3) is 0 Å². The minimum atomic E-state index is -0.122. The molecule has 1 saturated heterocycles. The lowest BCUT2D eigenvalue weighted by molar-refractivity contribution is 0.181. The smallest absolute Gasteiger partial charge is 0.321 e. The fourth-order valence-corrected chi connectivity index (χ4v) is 4.18. The molecule has 0 aromatic heterocycles. The number of halogens is 1. The van der Waals surface area contributed by atoms with Gasteiger partial charge in [-0.3, -0.25) is 0 Å². The fraction of sp³-hybridized carbons (Fsp3) is 0.542. The number of carbonyl (C=O) groups is 2. The summed E-state index contributed by atoms with van der Waals surface area (Å²) in [6.45, 7) is 2.02. The quantitative estimate of drug-likeness (QED) is 0.544. The Balaban J connectivity index is 0.00000240. The normalized spacial score (nSPS) is 17.9. The second-order valence-electron chi connectivity index (χ2n) is 8.05. The Morgan fingerprint density at radius 3 is 2.19 bits per heavy atom. The van der Waals surface area contributed by atoms with Gasteiger partial charge in [-0.05, 0) is 43.7 Å². The first-order chi connectivity index (χ1) is 14.1. The number of piperidine rings is 1. The van der Waals surface area contributed by atoms with E-state index in [1.54, 1.807) is 12.1 Å². The van der Waals surface area contributed by atoms with Crippen molar-refractivity contribution in [3.05, 3.63) is 50.2 Å². The number of rotatable bonds is 4. The van der Waals surface area contributed by atoms with Crippen LogP contribution in [0.15, 0.2) is 24.3 Å². The number of carbonyl (C=O) groups excluding carboxylic acids is 2. The highest BCUT2D eigenvalue weighted by Gasteiger charge is 2.24. The Hall–Kier alpha value is -1.95. The van der Waals surface area contributed by atoms with E-state index >= 15 is 0 Å². The van der Waals surface area contributed by atoms with E-state index in [4.69, 9.17) is 11.6 Å². The zero-order valence-electron chi connectivity index (χ0n) is 18.4. The van der Waals surface area contributed by atoms with Gasteiger partial charge in [0.1, 0.15) is 0 Å². The van der Waals surface area contributed by atoms with Crippen LogP contribution in [0.25, 0.3) is 0 Å². The fourth-order valence-electron chi connectivity index (χ4n) is 4.00. The van der Waals surface area contributed by atoms with Gasteiger partial charge in [-0.2, -0.15) is 0 Å². The number of hydrogen-bond acceptors (Lipinski definition) is 2. The number of nitrogens with one attached hydrogen (secondary N) is 3. The standard InChI is InChI=1S/C22H32ClN4O2.2CH2/c23-19-10-6-7-11-20(19)26-22(29)27-14-12-17(13-15-27)16-24-21(28)25-18-8-4-2-1-3-5-9-18;;/h6-7,10-11,17H,1-5,8-9,12-16H2,(H,26,29)(H2,24,25,28);2*1H2. The number of hydrogen-bond donors (Lipinski definition) is 3. The summed E-state index contributed by atoms with van der Waals surface area (Å²) in [6.07, 6.45) is 9.95. The van der Waals surface area contributed by atoms with Crippen molar-refractivity contribution in [2.75, 3.05) is 25.0 Å². The maximum absolute atomic E-state index is 12.4. The second-order valence-corrected chi connectivity index (χ2v) is 8.45. The van der Waals surface area contributed by atoms with Gasteiger partial charge in [0, 0.05) is 19.6 Å². The number of para-hydroxylation sites is 1. The summed E-state index contributed by atoms with van der Waals surface area (Å²) >= 11 is 6.11. The van der Waals surface area contributed by atoms with Crippen molar-refractivity contribution in [1.29, 1.82) is 0 Å². The third-order valence-corrected chi connectivity index (χ3v) is 6.15. The van der Waals surface area contributed by atoms with Gasteiger partial charge in [-0.15, -0.1) is 0 Å². The lowest BCUT2D eigenvalue weighted by Gasteiger charge is -2.32. The van der Waals surface area contributed by atoms with E-state index in [0.717, 1.165) is 25.7 Å². The number of amides is 4. The molecule has 3 rings (SSSR count). The minimum absolute atomic E-state index is 0. The van der Waals surface area contributed by atoms with Crippen molar-refractivity contribution in [3.8, 4) is 0 Å². The Labute approximate surface area is 193 Å². The van der Waals surface area contributed by atoms with Gasteiger partial charge in [-0.25, -0.2) is 9.59 Å². The third-order valence-electron chi connectivity index (χ3n) is 5.82. The molecule has 1 saturated carbocycles. The van der Waals surface area contributed by atoms with Gasteiger partial charge in [0.2, 0.25) is 0 Å². The SMILES string of the molecule is O=C(NCC1CCN(C(=O)Nc2ccccc2Cl)CC1)N[C]1CCCCCCC1.[CH2].[CH2]. The van der Waals surface area contributed by atoms with Crippen LogP contribution in [0.3, 0.4) is 0 Å². The van der Waals surface area contributed by atoms with Crippen LogP contribution in [-0.2, 0) is 0 Å². The molecule has 3 N–H and O–H groups in total. The van der Waals surface area contributed by atoms with E-state index in [1.165, 1.54) is 38.1 Å². The van der Waals surface area contributed by atoms with Crippen molar-refractivity contribution in [3.63, 3.8) is 0 Å². The Kier molecular flexibility index (Phi) is 12.4. The average Bonchev–Trinajstić information content (AvgIpc) is 2.70. The molecule has 2 aliphatic rings. The molecule has 0 spiro atoms. The predicted octanol–water partition coefficient (Wildman–Crippen LogP) is 5.81. The molecule has 0 unspecified atom stereocenters. The molecule has 5 radical (unpaired) electrons. The molecule has 7 heteroatoms. The zero-order chi connectivity index (χ0) is 20.5. The van der Waals surface area contributed by atoms with Crippen molar-refractivity contribution < 1.29 is 9.59 Å². The third kappa shape index (κ3) is 8.98. The average molecular weight is 448 g/mol. The molecule has 0 bridgehead atoms. The van der Waals surface area contributed by atoms with Gasteiger partial charge in [-0.1, -0.05) is 70.7 Å². The van der Waals surface area contributed by atoms with Crippen LogP contribution in [0.2, 0.25) is 5.02 Å². The molecular weight excluding hydrogens is 412 g/mol. The number of nitrogens with zero attached hydrogens (tertiary/aromatic N) is 1. The van der Waals surface area contributed by atoms with Gasteiger partial charge in [0.05, 0.1) is 16.8 Å². The number of benzene rings is 1. The van der Waals surface area contributed by atoms with E-state index in [-0.39, 0.29) is 26.9 Å². The van der Waals surface area contributed by atoms with E-state index in [0.29, 0.717) is 36.3 Å². The molecule has 1 aromatic rings. The van der Waals surface area contributed by atoms with Crippen molar-refractivity contribution in [1.82, 2.24) is 15.5 Å². The van der Waals surface area contributed by atoms with Gasteiger partial charge >= 0.3 is 12.1 Å². The Bertz CT molecular complexity index is 669. The minimum Gasteiger partial charge on any atom is -0.338 e. The van der Waals surface area contributed by atoms with Crippen molar-refractivity contribution in [2.24, 2.45) is 5.92 Å². The first-order valence-electron chi connectivity index (χ1n) is 10.8. The molecule has 6 nitrogen and oxygen atoms in total. The maximum Gasteiger partial charge on any atom is 0.321 e. The number of anilines is 1. The van der Waals surface area contributed by atoms with Gasteiger partial charge in [0.15, 0.2) is 0 Å². The van der Waals surface area contributed by atoms with Crippen LogP contribution in [0, 0.1) is 26.8 Å². The molecule has 1 aliphatic heterocycles. The highest BCUT2D eigenvalue weighted by atomic mass is 35.5. The summed E-state index contributed by atoms with van der Waals surface area (Å²) in [5.41, 5.74) is 0.631. The molecule has 1 aliphatic carbocycles. The number of likely N-dealkylation sites (tertiary alicyclic amines) is 1. The van der Waals surface area contributed by atoms with Crippen LogP contribution >= 0.6 is 11.6 Å². The van der Waals surface area contributed by atoms with Crippen LogP contribution in [-0.4, -0.2) is 36.6 Å². The summed E-state index contributed by atoms with van der Waals surface area (Å²) in [5, 5.41) is 9.49. The molecule has 0 atom stereocenters. The molecule has 1 aromatic carbocycles. The van der Waals surface area contributed by atoms with Crippen molar-refractivity contribution >= 4 is 29.4 Å². The lowest BCUT2D eigenvalue weighted by Crippen LogP contribution is -2.45.